The highest BCUT2D eigenvalue weighted by Crippen LogP contribution is 2.20. The fourth-order valence-corrected chi connectivity index (χ4v) is 1.78. The third-order valence-corrected chi connectivity index (χ3v) is 2.88. The highest BCUT2D eigenvalue weighted by Gasteiger charge is 2.12. The Morgan fingerprint density at radius 2 is 2.17 bits per heavy atom. The number of nitro benzene ring substituents is 1. The number of benzene rings is 1. The molecule has 5 nitrogen and oxygen atoms in total. The summed E-state index contributed by atoms with van der Waals surface area (Å²) in [6.45, 7) is 4.13. The summed E-state index contributed by atoms with van der Waals surface area (Å²) in [5, 5.41) is 14.1. The van der Waals surface area contributed by atoms with Gasteiger partial charge in [-0.2, -0.15) is 0 Å². The normalized spacial score (nSPS) is 10.6. The van der Waals surface area contributed by atoms with Gasteiger partial charge in [0, 0.05) is 31.9 Å². The summed E-state index contributed by atoms with van der Waals surface area (Å²) in [4.78, 5) is 10.5. The van der Waals surface area contributed by atoms with Crippen molar-refractivity contribution in [2.24, 2.45) is 0 Å². The van der Waals surface area contributed by atoms with E-state index in [1.54, 1.807) is 20.1 Å². The van der Waals surface area contributed by atoms with E-state index in [2.05, 4.69) is 5.32 Å². The van der Waals surface area contributed by atoms with Gasteiger partial charge in [0.25, 0.3) is 5.69 Å². The zero-order valence-corrected chi connectivity index (χ0v) is 10.9. The maximum absolute atomic E-state index is 10.8. The standard InChI is InChI=1S/C13H20N2O3/c1-11-12(6-5-7-13(11)15(16)17)10-14-8-3-4-9-18-2/h5-7,14H,3-4,8-10H2,1-2H3. The lowest BCUT2D eigenvalue weighted by Crippen LogP contribution is -2.16. The average molecular weight is 252 g/mol. The molecule has 0 fully saturated rings. The van der Waals surface area contributed by atoms with Gasteiger partial charge < -0.3 is 10.1 Å². The molecule has 0 bridgehead atoms. The van der Waals surface area contributed by atoms with Crippen LogP contribution in [0.2, 0.25) is 0 Å². The Balaban J connectivity index is 2.43. The van der Waals surface area contributed by atoms with Crippen LogP contribution in [0.4, 0.5) is 5.69 Å². The lowest BCUT2D eigenvalue weighted by molar-refractivity contribution is -0.385. The molecule has 0 heterocycles. The van der Waals surface area contributed by atoms with Gasteiger partial charge in [0.15, 0.2) is 0 Å². The zero-order valence-electron chi connectivity index (χ0n) is 10.9. The van der Waals surface area contributed by atoms with Gasteiger partial charge in [-0.1, -0.05) is 12.1 Å². The van der Waals surface area contributed by atoms with Crippen LogP contribution in [-0.4, -0.2) is 25.2 Å². The topological polar surface area (TPSA) is 64.4 Å². The molecule has 1 rings (SSSR count). The van der Waals surface area contributed by atoms with Crippen LogP contribution in [0, 0.1) is 17.0 Å². The molecule has 0 amide bonds. The third-order valence-electron chi connectivity index (χ3n) is 2.88. The van der Waals surface area contributed by atoms with Crippen molar-refractivity contribution in [1.82, 2.24) is 5.32 Å². The molecule has 0 radical (unpaired) electrons. The Hall–Kier alpha value is -1.46. The minimum absolute atomic E-state index is 0.189. The largest absolute Gasteiger partial charge is 0.385 e. The lowest BCUT2D eigenvalue weighted by atomic mass is 10.1. The van der Waals surface area contributed by atoms with Crippen molar-refractivity contribution in [2.45, 2.75) is 26.3 Å². The predicted octanol–water partition coefficient (Wildman–Crippen LogP) is 2.42. The molecule has 0 aromatic heterocycles. The molecule has 0 aliphatic rings. The highest BCUT2D eigenvalue weighted by atomic mass is 16.6. The van der Waals surface area contributed by atoms with Gasteiger partial charge in [0.05, 0.1) is 4.92 Å². The summed E-state index contributed by atoms with van der Waals surface area (Å²) >= 11 is 0. The average Bonchev–Trinajstić information content (AvgIpc) is 2.35. The second-order valence-corrected chi connectivity index (χ2v) is 4.20. The summed E-state index contributed by atoms with van der Waals surface area (Å²) in [5.74, 6) is 0. The van der Waals surface area contributed by atoms with E-state index >= 15 is 0 Å². The highest BCUT2D eigenvalue weighted by molar-refractivity contribution is 5.44. The van der Waals surface area contributed by atoms with Crippen LogP contribution in [0.15, 0.2) is 18.2 Å². The molecule has 1 aromatic rings. The Morgan fingerprint density at radius 3 is 2.83 bits per heavy atom. The van der Waals surface area contributed by atoms with Gasteiger partial charge in [-0.25, -0.2) is 0 Å². The van der Waals surface area contributed by atoms with Gasteiger partial charge >= 0.3 is 0 Å². The van der Waals surface area contributed by atoms with Gasteiger partial charge in [-0.3, -0.25) is 10.1 Å². The van der Waals surface area contributed by atoms with Gasteiger partial charge in [-0.05, 0) is 31.9 Å². The minimum atomic E-state index is -0.336. The lowest BCUT2D eigenvalue weighted by Gasteiger charge is -2.08. The summed E-state index contributed by atoms with van der Waals surface area (Å²) < 4.78 is 4.97. The number of rotatable bonds is 8. The second-order valence-electron chi connectivity index (χ2n) is 4.20. The summed E-state index contributed by atoms with van der Waals surface area (Å²) in [6.07, 6.45) is 2.07. The monoisotopic (exact) mass is 252 g/mol. The van der Waals surface area contributed by atoms with E-state index in [0.29, 0.717) is 6.54 Å². The summed E-state index contributed by atoms with van der Waals surface area (Å²) in [5.41, 5.74) is 1.91. The van der Waals surface area contributed by atoms with Gasteiger partial charge in [0.1, 0.15) is 0 Å². The molecule has 1 aromatic carbocycles. The molecule has 0 atom stereocenters. The van der Waals surface area contributed by atoms with E-state index in [-0.39, 0.29) is 10.6 Å². The van der Waals surface area contributed by atoms with Crippen LogP contribution < -0.4 is 5.32 Å². The molecule has 0 spiro atoms. The smallest absolute Gasteiger partial charge is 0.272 e. The quantitative estimate of drug-likeness (QED) is 0.438. The van der Waals surface area contributed by atoms with E-state index in [4.69, 9.17) is 4.74 Å². The summed E-state index contributed by atoms with van der Waals surface area (Å²) in [6, 6.07) is 5.19. The first kappa shape index (κ1) is 14.6. The Kier molecular flexibility index (Phi) is 6.32. The van der Waals surface area contributed by atoms with Crippen molar-refractivity contribution in [2.75, 3.05) is 20.3 Å². The van der Waals surface area contributed by atoms with Crippen LogP contribution in [0.3, 0.4) is 0 Å². The minimum Gasteiger partial charge on any atom is -0.385 e. The first-order valence-corrected chi connectivity index (χ1v) is 6.09. The van der Waals surface area contributed by atoms with Gasteiger partial charge in [0.2, 0.25) is 0 Å². The molecule has 5 heteroatoms. The van der Waals surface area contributed by atoms with Crippen molar-refractivity contribution in [1.29, 1.82) is 0 Å². The Labute approximate surface area is 107 Å². The fraction of sp³-hybridized carbons (Fsp3) is 0.538. The molecule has 0 saturated heterocycles. The fourth-order valence-electron chi connectivity index (χ4n) is 1.78. The maximum Gasteiger partial charge on any atom is 0.272 e. The third kappa shape index (κ3) is 4.43. The van der Waals surface area contributed by atoms with Crippen LogP contribution in [0.5, 0.6) is 0 Å². The number of nitrogens with one attached hydrogen (secondary N) is 1. The van der Waals surface area contributed by atoms with E-state index in [0.717, 1.165) is 37.1 Å². The van der Waals surface area contributed by atoms with Crippen molar-refractivity contribution in [3.8, 4) is 0 Å². The second kappa shape index (κ2) is 7.79. The predicted molar refractivity (Wildman–Crippen MR) is 70.7 cm³/mol. The number of nitro groups is 1. The van der Waals surface area contributed by atoms with Crippen molar-refractivity contribution < 1.29 is 9.66 Å². The molecule has 0 saturated carbocycles. The van der Waals surface area contributed by atoms with Crippen LogP contribution in [0.1, 0.15) is 24.0 Å². The molecular weight excluding hydrogens is 232 g/mol. The number of unbranched alkanes of at least 4 members (excludes halogenated alkanes) is 1. The molecule has 18 heavy (non-hydrogen) atoms. The Bertz CT molecular complexity index is 394. The number of hydrogen-bond donors (Lipinski definition) is 1. The molecule has 0 aliphatic carbocycles. The Morgan fingerprint density at radius 1 is 1.39 bits per heavy atom. The SMILES string of the molecule is COCCCCNCc1cccc([N+](=O)[O-])c1C. The van der Waals surface area contributed by atoms with Crippen molar-refractivity contribution >= 4 is 5.69 Å². The first-order valence-electron chi connectivity index (χ1n) is 6.09. The molecule has 1 N–H and O–H groups in total. The first-order chi connectivity index (χ1) is 8.66. The van der Waals surface area contributed by atoms with Crippen LogP contribution >= 0.6 is 0 Å². The molecular formula is C13H20N2O3. The number of nitrogens with zero attached hydrogens (tertiary/aromatic N) is 1. The molecule has 0 aliphatic heterocycles. The van der Waals surface area contributed by atoms with Crippen LogP contribution in [-0.2, 0) is 11.3 Å². The number of hydrogen-bond acceptors (Lipinski definition) is 4. The van der Waals surface area contributed by atoms with Crippen molar-refractivity contribution in [3.05, 3.63) is 39.4 Å². The zero-order chi connectivity index (χ0) is 13.4. The van der Waals surface area contributed by atoms with E-state index in [1.165, 1.54) is 6.07 Å². The summed E-state index contributed by atoms with van der Waals surface area (Å²) in [7, 11) is 1.69. The van der Waals surface area contributed by atoms with Gasteiger partial charge in [-0.15, -0.1) is 0 Å². The number of methoxy groups -OCH3 is 1. The van der Waals surface area contributed by atoms with Crippen molar-refractivity contribution in [3.63, 3.8) is 0 Å². The molecule has 0 unspecified atom stereocenters. The van der Waals surface area contributed by atoms with E-state index in [1.807, 2.05) is 6.07 Å². The van der Waals surface area contributed by atoms with E-state index < -0.39 is 0 Å². The number of ether oxygens (including phenoxy) is 1. The van der Waals surface area contributed by atoms with Crippen LogP contribution in [0.25, 0.3) is 0 Å². The maximum atomic E-state index is 10.8. The molecule has 100 valence electrons. The van der Waals surface area contributed by atoms with E-state index in [9.17, 15) is 10.1 Å².